The summed E-state index contributed by atoms with van der Waals surface area (Å²) in [4.78, 5) is 14.6. The van der Waals surface area contributed by atoms with Crippen molar-refractivity contribution < 1.29 is 18.7 Å². The second kappa shape index (κ2) is 8.29. The molecule has 4 nitrogen and oxygen atoms in total. The Labute approximate surface area is 170 Å². The topological polar surface area (TPSA) is 38.8 Å². The first kappa shape index (κ1) is 19.7. The summed E-state index contributed by atoms with van der Waals surface area (Å²) in [6.07, 6.45) is 1.72. The van der Waals surface area contributed by atoms with Gasteiger partial charge in [-0.05, 0) is 48.9 Å². The number of carbonyl (C=O) groups is 1. The minimum Gasteiger partial charge on any atom is -0.493 e. The first-order valence-corrected chi connectivity index (χ1v) is 9.58. The average molecular weight is 424 g/mol. The van der Waals surface area contributed by atoms with Crippen molar-refractivity contribution in [1.29, 1.82) is 0 Å². The molecule has 1 aliphatic heterocycles. The highest BCUT2D eigenvalue weighted by molar-refractivity contribution is 8.27. The molecule has 1 heterocycles. The van der Waals surface area contributed by atoms with Gasteiger partial charge in [0.2, 0.25) is 0 Å². The lowest BCUT2D eigenvalue weighted by molar-refractivity contribution is -0.113. The lowest BCUT2D eigenvalue weighted by Gasteiger charge is -2.14. The van der Waals surface area contributed by atoms with Crippen LogP contribution < -0.4 is 14.4 Å². The van der Waals surface area contributed by atoms with Crippen molar-refractivity contribution in [2.75, 3.05) is 18.6 Å². The molecule has 1 aliphatic rings. The second-order valence-corrected chi connectivity index (χ2v) is 7.54. The van der Waals surface area contributed by atoms with Crippen LogP contribution in [-0.4, -0.2) is 23.9 Å². The molecular weight excluding hydrogens is 409 g/mol. The number of halogens is 2. The fourth-order valence-electron chi connectivity index (χ4n) is 2.51. The normalized spacial score (nSPS) is 15.6. The second-order valence-electron chi connectivity index (χ2n) is 5.46. The van der Waals surface area contributed by atoms with Crippen LogP contribution in [0.4, 0.5) is 10.1 Å². The van der Waals surface area contributed by atoms with E-state index in [-0.39, 0.29) is 10.9 Å². The number of amides is 1. The van der Waals surface area contributed by atoms with E-state index < -0.39 is 5.82 Å². The van der Waals surface area contributed by atoms with Crippen LogP contribution in [0.5, 0.6) is 11.5 Å². The van der Waals surface area contributed by atoms with E-state index in [0.717, 1.165) is 5.56 Å². The van der Waals surface area contributed by atoms with Gasteiger partial charge in [-0.3, -0.25) is 9.69 Å². The number of thiocarbonyl (C=S) groups is 1. The summed E-state index contributed by atoms with van der Waals surface area (Å²) in [5.41, 5.74) is 1.20. The van der Waals surface area contributed by atoms with E-state index in [1.165, 1.54) is 34.9 Å². The average Bonchev–Trinajstić information content (AvgIpc) is 2.92. The molecule has 0 spiro atoms. The quantitative estimate of drug-likeness (QED) is 0.482. The van der Waals surface area contributed by atoms with Crippen molar-refractivity contribution in [2.24, 2.45) is 0 Å². The lowest BCUT2D eigenvalue weighted by atomic mass is 10.2. The molecule has 0 unspecified atom stereocenters. The summed E-state index contributed by atoms with van der Waals surface area (Å²) < 4.78 is 24.6. The number of methoxy groups -OCH3 is 1. The first-order chi connectivity index (χ1) is 12.9. The van der Waals surface area contributed by atoms with Crippen LogP contribution in [0.15, 0.2) is 41.3 Å². The molecule has 3 rings (SSSR count). The minimum atomic E-state index is -0.553. The van der Waals surface area contributed by atoms with Crippen molar-refractivity contribution in [3.63, 3.8) is 0 Å². The fraction of sp³-hybridized carbons (Fsp3) is 0.158. The van der Waals surface area contributed by atoms with Crippen LogP contribution in [0.2, 0.25) is 5.02 Å². The monoisotopic (exact) mass is 423 g/mol. The third-order valence-corrected chi connectivity index (χ3v) is 5.33. The number of rotatable bonds is 5. The lowest BCUT2D eigenvalue weighted by Crippen LogP contribution is -2.27. The Morgan fingerprint density at radius 3 is 2.70 bits per heavy atom. The van der Waals surface area contributed by atoms with Crippen LogP contribution in [0.1, 0.15) is 12.5 Å². The van der Waals surface area contributed by atoms with E-state index in [2.05, 4.69) is 0 Å². The maximum Gasteiger partial charge on any atom is 0.270 e. The molecule has 0 aromatic heterocycles. The predicted molar refractivity (Wildman–Crippen MR) is 111 cm³/mol. The van der Waals surface area contributed by atoms with Crippen molar-refractivity contribution in [3.05, 3.63) is 57.7 Å². The van der Waals surface area contributed by atoms with Gasteiger partial charge < -0.3 is 9.47 Å². The van der Waals surface area contributed by atoms with Gasteiger partial charge in [0.15, 0.2) is 15.8 Å². The standard InChI is InChI=1S/C19H15ClFNO3S2/c1-3-25-15-7-4-11(8-16(15)24-2)9-17-18(23)22(19(26)27-17)12-5-6-14(21)13(20)10-12/h4-10H,3H2,1-2H3/b17-9+. The Kier molecular flexibility index (Phi) is 6.04. The van der Waals surface area contributed by atoms with Crippen molar-refractivity contribution >= 4 is 57.6 Å². The van der Waals surface area contributed by atoms with Gasteiger partial charge in [0.1, 0.15) is 5.82 Å². The summed E-state index contributed by atoms with van der Waals surface area (Å²) in [6.45, 7) is 2.41. The van der Waals surface area contributed by atoms with Gasteiger partial charge in [0, 0.05) is 0 Å². The number of thioether (sulfide) groups is 1. The predicted octanol–water partition coefficient (Wildman–Crippen LogP) is 5.29. The number of anilines is 1. The fourth-order valence-corrected chi connectivity index (χ4v) is 3.99. The largest absolute Gasteiger partial charge is 0.493 e. The molecule has 0 atom stereocenters. The Hall–Kier alpha value is -2.09. The van der Waals surface area contributed by atoms with Gasteiger partial charge in [-0.15, -0.1) is 0 Å². The van der Waals surface area contributed by atoms with Gasteiger partial charge in [-0.25, -0.2) is 4.39 Å². The molecule has 1 fully saturated rings. The highest BCUT2D eigenvalue weighted by Gasteiger charge is 2.33. The first-order valence-electron chi connectivity index (χ1n) is 7.98. The molecule has 0 saturated carbocycles. The smallest absolute Gasteiger partial charge is 0.270 e. The number of benzene rings is 2. The van der Waals surface area contributed by atoms with Gasteiger partial charge >= 0.3 is 0 Å². The molecular formula is C19H15ClFNO3S2. The van der Waals surface area contributed by atoms with Crippen LogP contribution in [-0.2, 0) is 4.79 Å². The summed E-state index contributed by atoms with van der Waals surface area (Å²) in [5.74, 6) is 0.362. The molecule has 0 aliphatic carbocycles. The molecule has 0 N–H and O–H groups in total. The van der Waals surface area contributed by atoms with Gasteiger partial charge in [-0.1, -0.05) is 41.6 Å². The molecule has 0 bridgehead atoms. The number of nitrogens with zero attached hydrogens (tertiary/aromatic N) is 1. The van der Waals surface area contributed by atoms with E-state index in [0.29, 0.717) is 33.0 Å². The van der Waals surface area contributed by atoms with E-state index in [1.807, 2.05) is 13.0 Å². The third kappa shape index (κ3) is 4.10. The molecule has 8 heteroatoms. The zero-order chi connectivity index (χ0) is 19.6. The third-order valence-electron chi connectivity index (χ3n) is 3.74. The summed E-state index contributed by atoms with van der Waals surface area (Å²) in [5, 5.41) is -0.0678. The van der Waals surface area contributed by atoms with E-state index in [9.17, 15) is 9.18 Å². The SMILES string of the molecule is CCOc1ccc(/C=C2/SC(=S)N(c3ccc(F)c(Cl)c3)C2=O)cc1OC. The summed E-state index contributed by atoms with van der Waals surface area (Å²) >= 11 is 12.3. The zero-order valence-electron chi connectivity index (χ0n) is 14.5. The number of hydrogen-bond acceptors (Lipinski definition) is 5. The molecule has 27 heavy (non-hydrogen) atoms. The summed E-state index contributed by atoms with van der Waals surface area (Å²) in [7, 11) is 1.55. The molecule has 2 aromatic rings. The molecule has 2 aromatic carbocycles. The van der Waals surface area contributed by atoms with Gasteiger partial charge in [0.05, 0.1) is 29.3 Å². The van der Waals surface area contributed by atoms with Crippen LogP contribution in [0.25, 0.3) is 6.08 Å². The van der Waals surface area contributed by atoms with Crippen molar-refractivity contribution in [2.45, 2.75) is 6.92 Å². The Bertz CT molecular complexity index is 949. The Balaban J connectivity index is 1.91. The van der Waals surface area contributed by atoms with Crippen molar-refractivity contribution in [1.82, 2.24) is 0 Å². The number of carbonyl (C=O) groups excluding carboxylic acids is 1. The van der Waals surface area contributed by atoms with Crippen LogP contribution in [0.3, 0.4) is 0 Å². The van der Waals surface area contributed by atoms with Crippen LogP contribution in [0, 0.1) is 5.82 Å². The Morgan fingerprint density at radius 2 is 2.04 bits per heavy atom. The van der Waals surface area contributed by atoms with Gasteiger partial charge in [-0.2, -0.15) is 0 Å². The maximum atomic E-state index is 13.4. The van der Waals surface area contributed by atoms with Crippen molar-refractivity contribution in [3.8, 4) is 11.5 Å². The maximum absolute atomic E-state index is 13.4. The molecule has 140 valence electrons. The van der Waals surface area contributed by atoms with Gasteiger partial charge in [0.25, 0.3) is 5.91 Å². The Morgan fingerprint density at radius 1 is 1.26 bits per heavy atom. The summed E-state index contributed by atoms with van der Waals surface area (Å²) in [6, 6.07) is 9.45. The van der Waals surface area contributed by atoms with E-state index in [1.54, 1.807) is 25.3 Å². The van der Waals surface area contributed by atoms with E-state index >= 15 is 0 Å². The van der Waals surface area contributed by atoms with E-state index in [4.69, 9.17) is 33.3 Å². The minimum absolute atomic E-state index is 0.0678. The van der Waals surface area contributed by atoms with Crippen LogP contribution >= 0.6 is 35.6 Å². The zero-order valence-corrected chi connectivity index (χ0v) is 16.9. The highest BCUT2D eigenvalue weighted by Crippen LogP contribution is 2.38. The number of ether oxygens (including phenoxy) is 2. The molecule has 1 saturated heterocycles. The number of hydrogen-bond donors (Lipinski definition) is 0. The highest BCUT2D eigenvalue weighted by atomic mass is 35.5. The molecule has 0 radical (unpaired) electrons. The molecule has 1 amide bonds.